The van der Waals surface area contributed by atoms with Crippen LogP contribution >= 0.6 is 0 Å². The summed E-state index contributed by atoms with van der Waals surface area (Å²) in [7, 11) is 0. The van der Waals surface area contributed by atoms with Crippen molar-refractivity contribution < 1.29 is 14.6 Å². The molecule has 0 saturated heterocycles. The third-order valence-corrected chi connectivity index (χ3v) is 1.90. The molecule has 14 heavy (non-hydrogen) atoms. The average Bonchev–Trinajstić information content (AvgIpc) is 2.20. The van der Waals surface area contributed by atoms with Crippen molar-refractivity contribution in [3.05, 3.63) is 11.6 Å². The highest BCUT2D eigenvalue weighted by molar-refractivity contribution is 5.87. The number of unbranched alkanes of at least 4 members (excludes halogenated alkanes) is 3. The van der Waals surface area contributed by atoms with Crippen LogP contribution < -0.4 is 0 Å². The van der Waals surface area contributed by atoms with Gasteiger partial charge in [0.05, 0.1) is 6.61 Å². The fourth-order valence-corrected chi connectivity index (χ4v) is 1.05. The number of ether oxygens (including phenoxy) is 1. The molecule has 0 atom stereocenters. The highest BCUT2D eigenvalue weighted by Gasteiger charge is 2.03. The third-order valence-electron chi connectivity index (χ3n) is 1.90. The fraction of sp³-hybridized carbons (Fsp3) is 0.727. The summed E-state index contributed by atoms with van der Waals surface area (Å²) in [5.41, 5.74) is 0.634. The van der Waals surface area contributed by atoms with Gasteiger partial charge in [0.1, 0.15) is 6.61 Å². The van der Waals surface area contributed by atoms with E-state index < -0.39 is 0 Å². The van der Waals surface area contributed by atoms with Gasteiger partial charge in [-0.25, -0.2) is 4.79 Å². The molecule has 0 radical (unpaired) electrons. The first-order valence-corrected chi connectivity index (χ1v) is 5.17. The number of aliphatic hydroxyl groups is 1. The number of allylic oxidation sites excluding steroid dienone is 1. The summed E-state index contributed by atoms with van der Waals surface area (Å²) in [6, 6.07) is 0. The van der Waals surface area contributed by atoms with Gasteiger partial charge in [-0.1, -0.05) is 25.8 Å². The Morgan fingerprint density at radius 2 is 2.14 bits per heavy atom. The lowest BCUT2D eigenvalue weighted by molar-refractivity contribution is -0.139. The Bertz CT molecular complexity index is 185. The molecule has 3 nitrogen and oxygen atoms in total. The minimum Gasteiger partial charge on any atom is -0.460 e. The van der Waals surface area contributed by atoms with Crippen LogP contribution in [0.1, 0.15) is 39.5 Å². The maximum Gasteiger partial charge on any atom is 0.333 e. The maximum atomic E-state index is 11.2. The van der Waals surface area contributed by atoms with Gasteiger partial charge in [0.15, 0.2) is 0 Å². The number of rotatable bonds is 7. The molecular weight excluding hydrogens is 180 g/mol. The molecular formula is C11H20O3. The minimum absolute atomic E-state index is 0.0823. The van der Waals surface area contributed by atoms with Crippen molar-refractivity contribution in [2.24, 2.45) is 0 Å². The number of hydrogen-bond donors (Lipinski definition) is 1. The van der Waals surface area contributed by atoms with Gasteiger partial charge in [0, 0.05) is 5.57 Å². The molecule has 0 aliphatic heterocycles. The lowest BCUT2D eigenvalue weighted by Gasteiger charge is -2.02. The van der Waals surface area contributed by atoms with E-state index in [2.05, 4.69) is 6.92 Å². The standard InChI is InChI=1S/C11H20O3/c1-3-4-5-6-7-10(2)11(13)14-9-8-12/h7,12H,3-6,8-9H2,1-2H3. The molecule has 0 aromatic rings. The first kappa shape index (κ1) is 13.2. The van der Waals surface area contributed by atoms with Crippen molar-refractivity contribution >= 4 is 5.97 Å². The number of aliphatic hydroxyl groups excluding tert-OH is 1. The molecule has 0 amide bonds. The van der Waals surface area contributed by atoms with Crippen LogP contribution in [0.3, 0.4) is 0 Å². The van der Waals surface area contributed by atoms with Gasteiger partial charge in [-0.3, -0.25) is 0 Å². The number of carbonyl (C=O) groups excluding carboxylic acids is 1. The molecule has 82 valence electrons. The van der Waals surface area contributed by atoms with E-state index in [9.17, 15) is 4.79 Å². The molecule has 0 saturated carbocycles. The van der Waals surface area contributed by atoms with Gasteiger partial charge < -0.3 is 9.84 Å². The first-order chi connectivity index (χ1) is 6.72. The van der Waals surface area contributed by atoms with E-state index >= 15 is 0 Å². The zero-order valence-corrected chi connectivity index (χ0v) is 9.08. The largest absolute Gasteiger partial charge is 0.460 e. The van der Waals surface area contributed by atoms with E-state index in [-0.39, 0.29) is 19.2 Å². The lowest BCUT2D eigenvalue weighted by Crippen LogP contribution is -2.09. The van der Waals surface area contributed by atoms with Crippen LogP contribution in [0.5, 0.6) is 0 Å². The van der Waals surface area contributed by atoms with Crippen LogP contribution in [0, 0.1) is 0 Å². The Kier molecular flexibility index (Phi) is 8.24. The lowest BCUT2D eigenvalue weighted by atomic mass is 10.1. The summed E-state index contributed by atoms with van der Waals surface area (Å²) in [4.78, 5) is 11.2. The second-order valence-corrected chi connectivity index (χ2v) is 3.24. The van der Waals surface area contributed by atoms with Gasteiger partial charge >= 0.3 is 5.97 Å². The van der Waals surface area contributed by atoms with E-state index in [1.165, 1.54) is 12.8 Å². The van der Waals surface area contributed by atoms with Gasteiger partial charge in [-0.2, -0.15) is 0 Å². The van der Waals surface area contributed by atoms with Crippen LogP contribution in [0.4, 0.5) is 0 Å². The van der Waals surface area contributed by atoms with E-state index in [4.69, 9.17) is 9.84 Å². The van der Waals surface area contributed by atoms with Crippen molar-refractivity contribution in [3.8, 4) is 0 Å². The molecule has 0 aliphatic rings. The Labute approximate surface area is 85.8 Å². The molecule has 0 bridgehead atoms. The van der Waals surface area contributed by atoms with Gasteiger partial charge in [0.2, 0.25) is 0 Å². The SMILES string of the molecule is CCCCCC=C(C)C(=O)OCCO. The van der Waals surface area contributed by atoms with Crippen LogP contribution in [-0.4, -0.2) is 24.3 Å². The normalized spacial score (nSPS) is 11.5. The third kappa shape index (κ3) is 6.66. The minimum atomic E-state index is -0.324. The van der Waals surface area contributed by atoms with Crippen LogP contribution in [0.15, 0.2) is 11.6 Å². The summed E-state index contributed by atoms with van der Waals surface area (Å²) in [6.07, 6.45) is 6.31. The quantitative estimate of drug-likeness (QED) is 0.388. The summed E-state index contributed by atoms with van der Waals surface area (Å²) in [6.45, 7) is 3.85. The number of hydrogen-bond acceptors (Lipinski definition) is 3. The van der Waals surface area contributed by atoms with Crippen molar-refractivity contribution in [2.45, 2.75) is 39.5 Å². The predicted octanol–water partition coefficient (Wildman–Crippen LogP) is 2.05. The maximum absolute atomic E-state index is 11.2. The molecule has 0 aromatic heterocycles. The molecule has 1 N–H and O–H groups in total. The van der Waals surface area contributed by atoms with Crippen molar-refractivity contribution in [1.29, 1.82) is 0 Å². The van der Waals surface area contributed by atoms with Crippen LogP contribution in [0.25, 0.3) is 0 Å². The molecule has 0 aliphatic carbocycles. The molecule has 0 rings (SSSR count). The Morgan fingerprint density at radius 1 is 1.43 bits per heavy atom. The van der Waals surface area contributed by atoms with Crippen LogP contribution in [-0.2, 0) is 9.53 Å². The first-order valence-electron chi connectivity index (χ1n) is 5.17. The molecule has 0 spiro atoms. The van der Waals surface area contributed by atoms with E-state index in [1.54, 1.807) is 6.92 Å². The number of carbonyl (C=O) groups is 1. The Hall–Kier alpha value is -0.830. The second-order valence-electron chi connectivity index (χ2n) is 3.24. The summed E-state index contributed by atoms with van der Waals surface area (Å²) >= 11 is 0. The van der Waals surface area contributed by atoms with E-state index in [0.717, 1.165) is 12.8 Å². The van der Waals surface area contributed by atoms with Gasteiger partial charge in [-0.05, 0) is 19.8 Å². The molecule has 0 unspecified atom stereocenters. The smallest absolute Gasteiger partial charge is 0.333 e. The predicted molar refractivity (Wildman–Crippen MR) is 55.9 cm³/mol. The Balaban J connectivity index is 3.68. The second kappa shape index (κ2) is 8.75. The summed E-state index contributed by atoms with van der Waals surface area (Å²) < 4.78 is 4.75. The monoisotopic (exact) mass is 200 g/mol. The highest BCUT2D eigenvalue weighted by Crippen LogP contribution is 2.04. The molecule has 0 fully saturated rings. The zero-order valence-electron chi connectivity index (χ0n) is 9.08. The topological polar surface area (TPSA) is 46.5 Å². The zero-order chi connectivity index (χ0) is 10.8. The highest BCUT2D eigenvalue weighted by atomic mass is 16.5. The number of esters is 1. The van der Waals surface area contributed by atoms with Crippen molar-refractivity contribution in [1.82, 2.24) is 0 Å². The van der Waals surface area contributed by atoms with E-state index in [0.29, 0.717) is 5.57 Å². The summed E-state index contributed by atoms with van der Waals surface area (Å²) in [5, 5.41) is 8.45. The molecule has 0 heterocycles. The van der Waals surface area contributed by atoms with Crippen molar-refractivity contribution in [2.75, 3.05) is 13.2 Å². The Morgan fingerprint density at radius 3 is 2.71 bits per heavy atom. The average molecular weight is 200 g/mol. The van der Waals surface area contributed by atoms with Crippen LogP contribution in [0.2, 0.25) is 0 Å². The molecule has 0 aromatic carbocycles. The molecule has 3 heteroatoms. The fourth-order valence-electron chi connectivity index (χ4n) is 1.05. The van der Waals surface area contributed by atoms with Crippen molar-refractivity contribution in [3.63, 3.8) is 0 Å². The summed E-state index contributed by atoms with van der Waals surface area (Å²) in [5.74, 6) is -0.324. The van der Waals surface area contributed by atoms with Gasteiger partial charge in [-0.15, -0.1) is 0 Å². The van der Waals surface area contributed by atoms with Gasteiger partial charge in [0.25, 0.3) is 0 Å². The van der Waals surface area contributed by atoms with E-state index in [1.807, 2.05) is 6.08 Å².